The monoisotopic (exact) mass is 382 g/mol. The van der Waals surface area contributed by atoms with Gasteiger partial charge in [-0.15, -0.1) is 12.4 Å². The Hall–Kier alpha value is -1.07. The zero-order valence-corrected chi connectivity index (χ0v) is 17.3. The zero-order valence-electron chi connectivity index (χ0n) is 16.5. The van der Waals surface area contributed by atoms with Crippen LogP contribution in [0.1, 0.15) is 82.2 Å². The van der Waals surface area contributed by atoms with E-state index in [4.69, 9.17) is 0 Å². The number of nitrogens with zero attached hydrogens (tertiary/aromatic N) is 2. The molecule has 1 saturated carbocycles. The maximum atomic E-state index is 12.5. The van der Waals surface area contributed by atoms with Crippen molar-refractivity contribution in [3.63, 3.8) is 0 Å². The third-order valence-electron chi connectivity index (χ3n) is 6.56. The summed E-state index contributed by atoms with van der Waals surface area (Å²) < 4.78 is 1.96. The maximum Gasteiger partial charge on any atom is 0.271 e. The Kier molecular flexibility index (Phi) is 7.53. The van der Waals surface area contributed by atoms with E-state index in [-0.39, 0.29) is 18.3 Å². The molecule has 1 amide bonds. The molecule has 1 aliphatic heterocycles. The van der Waals surface area contributed by atoms with Crippen LogP contribution in [0.3, 0.4) is 0 Å². The number of hydrogen-bond donors (Lipinski definition) is 2. The van der Waals surface area contributed by atoms with Gasteiger partial charge in [0.1, 0.15) is 5.69 Å². The number of rotatable bonds is 5. The molecule has 2 heterocycles. The lowest BCUT2D eigenvalue weighted by Gasteiger charge is -2.39. The van der Waals surface area contributed by atoms with E-state index >= 15 is 0 Å². The molecule has 0 spiro atoms. The molecule has 0 aromatic carbocycles. The molecule has 0 radical (unpaired) electrons. The number of carbonyl (C=O) groups excluding carboxylic acids is 1. The highest BCUT2D eigenvalue weighted by Gasteiger charge is 2.32. The maximum absolute atomic E-state index is 12.5. The third kappa shape index (κ3) is 5.01. The molecule has 1 aromatic rings. The molecule has 26 heavy (non-hydrogen) atoms. The number of halogens is 1. The van der Waals surface area contributed by atoms with Crippen molar-refractivity contribution >= 4 is 18.3 Å². The van der Waals surface area contributed by atoms with Crippen LogP contribution in [0.5, 0.6) is 0 Å². The molecule has 1 unspecified atom stereocenters. The topological polar surface area (TPSA) is 59.0 Å². The molecule has 1 saturated heterocycles. The first-order valence-electron chi connectivity index (χ1n) is 10.1. The Labute approximate surface area is 164 Å². The van der Waals surface area contributed by atoms with Crippen molar-refractivity contribution in [1.82, 2.24) is 20.4 Å². The Morgan fingerprint density at radius 2 is 2.04 bits per heavy atom. The lowest BCUT2D eigenvalue weighted by Crippen LogP contribution is -2.40. The number of nitrogens with one attached hydrogen (secondary N) is 2. The van der Waals surface area contributed by atoms with Crippen LogP contribution in [0.15, 0.2) is 12.3 Å². The van der Waals surface area contributed by atoms with E-state index in [1.54, 1.807) is 0 Å². The fourth-order valence-corrected chi connectivity index (χ4v) is 4.29. The van der Waals surface area contributed by atoms with Crippen molar-refractivity contribution in [3.8, 4) is 0 Å². The molecule has 1 aliphatic carbocycles. The van der Waals surface area contributed by atoms with Crippen LogP contribution >= 0.6 is 12.4 Å². The molecule has 1 atom stereocenters. The second kappa shape index (κ2) is 9.23. The summed E-state index contributed by atoms with van der Waals surface area (Å²) in [5.41, 5.74) is 0.975. The minimum Gasteiger partial charge on any atom is -0.348 e. The summed E-state index contributed by atoms with van der Waals surface area (Å²) in [4.78, 5) is 12.5. The summed E-state index contributed by atoms with van der Waals surface area (Å²) in [6, 6.07) is 2.54. The quantitative estimate of drug-likeness (QED) is 0.810. The van der Waals surface area contributed by atoms with Crippen molar-refractivity contribution < 1.29 is 4.79 Å². The summed E-state index contributed by atoms with van der Waals surface area (Å²) in [5.74, 6) is 0.768. The zero-order chi connectivity index (χ0) is 17.9. The van der Waals surface area contributed by atoms with Gasteiger partial charge in [0.05, 0.1) is 6.04 Å². The normalized spacial score (nSPS) is 26.8. The van der Waals surface area contributed by atoms with Gasteiger partial charge in [-0.25, -0.2) is 0 Å². The first kappa shape index (κ1) is 21.2. The van der Waals surface area contributed by atoms with Gasteiger partial charge >= 0.3 is 0 Å². The Morgan fingerprint density at radius 1 is 1.31 bits per heavy atom. The van der Waals surface area contributed by atoms with Crippen LogP contribution < -0.4 is 10.6 Å². The van der Waals surface area contributed by atoms with E-state index in [0.29, 0.717) is 23.2 Å². The highest BCUT2D eigenvalue weighted by atomic mass is 35.5. The fraction of sp³-hybridized carbons (Fsp3) is 0.800. The third-order valence-corrected chi connectivity index (χ3v) is 6.56. The molecule has 0 bridgehead atoms. The first-order valence-corrected chi connectivity index (χ1v) is 10.1. The van der Waals surface area contributed by atoms with E-state index in [1.807, 2.05) is 16.9 Å². The van der Waals surface area contributed by atoms with E-state index in [1.165, 1.54) is 25.7 Å². The van der Waals surface area contributed by atoms with Crippen LogP contribution in [-0.4, -0.2) is 34.8 Å². The summed E-state index contributed by atoms with van der Waals surface area (Å²) in [6.45, 7) is 9.07. The highest BCUT2D eigenvalue weighted by molar-refractivity contribution is 5.92. The van der Waals surface area contributed by atoms with Crippen molar-refractivity contribution in [2.45, 2.75) is 77.8 Å². The number of hydrogen-bond acceptors (Lipinski definition) is 3. The van der Waals surface area contributed by atoms with Crippen LogP contribution in [0.2, 0.25) is 0 Å². The summed E-state index contributed by atoms with van der Waals surface area (Å²) in [5, 5.41) is 11.1. The number of piperidine rings is 1. The van der Waals surface area contributed by atoms with E-state index in [0.717, 1.165) is 38.3 Å². The molecule has 148 valence electrons. The average Bonchev–Trinajstić information content (AvgIpc) is 3.13. The second-order valence-corrected chi connectivity index (χ2v) is 8.55. The predicted octanol–water partition coefficient (Wildman–Crippen LogP) is 3.95. The van der Waals surface area contributed by atoms with Gasteiger partial charge in [-0.2, -0.15) is 5.10 Å². The minimum absolute atomic E-state index is 0. The summed E-state index contributed by atoms with van der Waals surface area (Å²) >= 11 is 0. The van der Waals surface area contributed by atoms with Crippen LogP contribution in [0.25, 0.3) is 0 Å². The van der Waals surface area contributed by atoms with E-state index in [2.05, 4.69) is 36.5 Å². The standard InChI is InChI=1S/C20H34N4O.ClH/c1-4-20(2,3)15-7-9-16(10-8-15)22-19(25)18-11-13-24(23-18)17-6-5-12-21-14-17;/h11,13,15-17,21H,4-10,12,14H2,1-3H3,(H,22,25);1H. The SMILES string of the molecule is CCC(C)(C)C1CCC(NC(=O)c2ccn(C3CCCNC3)n2)CC1.Cl. The Bertz CT molecular complexity index is 572. The number of aromatic nitrogens is 2. The molecular formula is C20H35ClN4O. The highest BCUT2D eigenvalue weighted by Crippen LogP contribution is 2.40. The Balaban J connectivity index is 0.00000243. The number of carbonyl (C=O) groups is 1. The molecule has 3 rings (SSSR count). The van der Waals surface area contributed by atoms with Gasteiger partial charge in [0.15, 0.2) is 0 Å². The average molecular weight is 383 g/mol. The van der Waals surface area contributed by atoms with Crippen LogP contribution in [-0.2, 0) is 0 Å². The van der Waals surface area contributed by atoms with Gasteiger partial charge in [-0.1, -0.05) is 27.2 Å². The summed E-state index contributed by atoms with van der Waals surface area (Å²) in [7, 11) is 0. The molecule has 2 aliphatic rings. The first-order chi connectivity index (χ1) is 12.0. The fourth-order valence-electron chi connectivity index (χ4n) is 4.29. The smallest absolute Gasteiger partial charge is 0.271 e. The van der Waals surface area contributed by atoms with Crippen molar-refractivity contribution in [2.24, 2.45) is 11.3 Å². The van der Waals surface area contributed by atoms with Gasteiger partial charge in [0, 0.05) is 18.8 Å². The van der Waals surface area contributed by atoms with Gasteiger partial charge in [0.2, 0.25) is 0 Å². The lowest BCUT2D eigenvalue weighted by atomic mass is 9.69. The second-order valence-electron chi connectivity index (χ2n) is 8.55. The molecule has 2 fully saturated rings. The summed E-state index contributed by atoms with van der Waals surface area (Å²) in [6.07, 6.45) is 10.1. The number of amides is 1. The Morgan fingerprint density at radius 3 is 2.65 bits per heavy atom. The van der Waals surface area contributed by atoms with Crippen LogP contribution in [0, 0.1) is 11.3 Å². The molecule has 1 aromatic heterocycles. The predicted molar refractivity (Wildman–Crippen MR) is 108 cm³/mol. The van der Waals surface area contributed by atoms with Gasteiger partial charge < -0.3 is 10.6 Å². The van der Waals surface area contributed by atoms with Gasteiger partial charge in [0.25, 0.3) is 5.91 Å². The van der Waals surface area contributed by atoms with Crippen LogP contribution in [0.4, 0.5) is 0 Å². The van der Waals surface area contributed by atoms with Gasteiger partial charge in [-0.05, 0) is 62.5 Å². The van der Waals surface area contributed by atoms with Crippen molar-refractivity contribution in [2.75, 3.05) is 13.1 Å². The largest absolute Gasteiger partial charge is 0.348 e. The van der Waals surface area contributed by atoms with Gasteiger partial charge in [-0.3, -0.25) is 9.48 Å². The minimum atomic E-state index is -0.0132. The molecule has 5 nitrogen and oxygen atoms in total. The molecule has 6 heteroatoms. The van der Waals surface area contributed by atoms with E-state index in [9.17, 15) is 4.79 Å². The molecule has 2 N–H and O–H groups in total. The van der Waals surface area contributed by atoms with Crippen molar-refractivity contribution in [3.05, 3.63) is 18.0 Å². The van der Waals surface area contributed by atoms with Crippen molar-refractivity contribution in [1.29, 1.82) is 0 Å². The molecular weight excluding hydrogens is 348 g/mol. The van der Waals surface area contributed by atoms with E-state index < -0.39 is 0 Å². The lowest BCUT2D eigenvalue weighted by molar-refractivity contribution is 0.0887.